The van der Waals surface area contributed by atoms with E-state index in [0.29, 0.717) is 37.2 Å². The highest BCUT2D eigenvalue weighted by Gasteiger charge is 2.52. The number of nitrogens with zero attached hydrogens (tertiary/aromatic N) is 2. The van der Waals surface area contributed by atoms with Crippen LogP contribution in [0.15, 0.2) is 12.1 Å². The first kappa shape index (κ1) is 18.6. The number of fused-ring (bicyclic) bond motifs is 1. The van der Waals surface area contributed by atoms with E-state index in [1.54, 1.807) is 13.0 Å². The zero-order chi connectivity index (χ0) is 20.3. The summed E-state index contributed by atoms with van der Waals surface area (Å²) in [5, 5.41) is 12.1. The predicted octanol–water partition coefficient (Wildman–Crippen LogP) is 2.86. The fourth-order valence-electron chi connectivity index (χ4n) is 4.17. The van der Waals surface area contributed by atoms with Crippen molar-refractivity contribution < 1.29 is 19.1 Å². The van der Waals surface area contributed by atoms with E-state index in [0.717, 1.165) is 11.3 Å². The van der Waals surface area contributed by atoms with Crippen LogP contribution in [0, 0.1) is 11.3 Å². The Morgan fingerprint density at radius 2 is 2.04 bits per heavy atom. The highest BCUT2D eigenvalue weighted by molar-refractivity contribution is 6.07. The van der Waals surface area contributed by atoms with Gasteiger partial charge in [-0.3, -0.25) is 9.69 Å². The highest BCUT2D eigenvalue weighted by Crippen LogP contribution is 2.47. The number of nitrogens with one attached hydrogen (secondary N) is 1. The normalized spacial score (nSPS) is 30.2. The number of nitriles is 1. The minimum absolute atomic E-state index is 0.0764. The third kappa shape index (κ3) is 2.62. The molecule has 0 radical (unpaired) electrons. The first-order valence-corrected chi connectivity index (χ1v) is 9.73. The third-order valence-corrected chi connectivity index (χ3v) is 6.22. The van der Waals surface area contributed by atoms with Crippen molar-refractivity contribution in [2.75, 3.05) is 6.61 Å². The smallest absolute Gasteiger partial charge is 0.325 e. The predicted molar refractivity (Wildman–Crippen MR) is 101 cm³/mol. The van der Waals surface area contributed by atoms with E-state index in [4.69, 9.17) is 9.47 Å². The van der Waals surface area contributed by atoms with E-state index in [2.05, 4.69) is 25.2 Å². The quantitative estimate of drug-likeness (QED) is 0.807. The van der Waals surface area contributed by atoms with Gasteiger partial charge in [-0.25, -0.2) is 4.79 Å². The standard InChI is InChI=1S/C21H25N3O4/c1-5-21(4)18(25)24(19(26)23-21)13-8-14(9-13)28-15-7-6-12(10-22)17-16(15)20(2,3)11-27-17/h6-7,13-14H,5,8-9,11H2,1-4H3,(H,23,26)/t13?,14?,21-/m1/s1. The van der Waals surface area contributed by atoms with Gasteiger partial charge in [0.25, 0.3) is 5.91 Å². The Kier molecular flexibility index (Phi) is 4.07. The first-order valence-electron chi connectivity index (χ1n) is 9.73. The van der Waals surface area contributed by atoms with E-state index in [1.165, 1.54) is 4.90 Å². The lowest BCUT2D eigenvalue weighted by Crippen LogP contribution is -2.53. The summed E-state index contributed by atoms with van der Waals surface area (Å²) in [6, 6.07) is 5.26. The maximum atomic E-state index is 12.6. The molecule has 2 fully saturated rings. The molecule has 3 aliphatic rings. The molecule has 2 heterocycles. The molecule has 1 atom stereocenters. The lowest BCUT2D eigenvalue weighted by molar-refractivity contribution is -0.135. The molecule has 4 rings (SSSR count). The summed E-state index contributed by atoms with van der Waals surface area (Å²) in [4.78, 5) is 26.3. The van der Waals surface area contributed by atoms with Gasteiger partial charge in [0.15, 0.2) is 0 Å². The van der Waals surface area contributed by atoms with Crippen LogP contribution in [-0.4, -0.2) is 41.1 Å². The number of hydrogen-bond acceptors (Lipinski definition) is 5. The molecule has 2 aliphatic heterocycles. The molecule has 7 heteroatoms. The topological polar surface area (TPSA) is 91.7 Å². The number of carbonyl (C=O) groups is 2. The van der Waals surface area contributed by atoms with E-state index in [9.17, 15) is 14.9 Å². The van der Waals surface area contributed by atoms with Gasteiger partial charge in [0, 0.05) is 29.9 Å². The second kappa shape index (κ2) is 6.13. The van der Waals surface area contributed by atoms with Crippen molar-refractivity contribution in [3.8, 4) is 17.6 Å². The van der Waals surface area contributed by atoms with Crippen molar-refractivity contribution in [3.63, 3.8) is 0 Å². The van der Waals surface area contributed by atoms with Crippen LogP contribution in [0.25, 0.3) is 0 Å². The van der Waals surface area contributed by atoms with Gasteiger partial charge in [-0.2, -0.15) is 5.26 Å². The zero-order valence-corrected chi connectivity index (χ0v) is 16.7. The van der Waals surface area contributed by atoms with Crippen LogP contribution in [0.4, 0.5) is 4.79 Å². The molecule has 3 amide bonds. The van der Waals surface area contributed by atoms with Crippen molar-refractivity contribution in [2.45, 2.75) is 70.1 Å². The molecule has 148 valence electrons. The number of hydrogen-bond donors (Lipinski definition) is 1. The second-order valence-electron chi connectivity index (χ2n) is 8.76. The minimum Gasteiger partial charge on any atom is -0.491 e. The molecule has 1 N–H and O–H groups in total. The van der Waals surface area contributed by atoms with Crippen molar-refractivity contribution in [1.29, 1.82) is 5.26 Å². The molecule has 28 heavy (non-hydrogen) atoms. The Morgan fingerprint density at radius 1 is 1.32 bits per heavy atom. The third-order valence-electron chi connectivity index (χ3n) is 6.22. The fourth-order valence-corrected chi connectivity index (χ4v) is 4.17. The van der Waals surface area contributed by atoms with Gasteiger partial charge in [0.1, 0.15) is 29.2 Å². The molecule has 0 bridgehead atoms. The Bertz CT molecular complexity index is 898. The summed E-state index contributed by atoms with van der Waals surface area (Å²) in [6.45, 7) is 8.29. The molecule has 1 aliphatic carbocycles. The largest absolute Gasteiger partial charge is 0.491 e. The van der Waals surface area contributed by atoms with Gasteiger partial charge in [0.05, 0.1) is 12.2 Å². The Balaban J connectivity index is 1.48. The van der Waals surface area contributed by atoms with Gasteiger partial charge >= 0.3 is 6.03 Å². The Labute approximate surface area is 164 Å². The molecule has 1 saturated heterocycles. The van der Waals surface area contributed by atoms with Crippen LogP contribution in [-0.2, 0) is 10.2 Å². The summed E-state index contributed by atoms with van der Waals surface area (Å²) in [5.74, 6) is 1.17. The number of rotatable bonds is 4. The molecular formula is C21H25N3O4. The SMILES string of the molecule is CC[C@@]1(C)NC(=O)N(C2CC(Oc3ccc(C#N)c4c3C(C)(C)CO4)C2)C1=O. The van der Waals surface area contributed by atoms with E-state index in [1.807, 2.05) is 13.0 Å². The monoisotopic (exact) mass is 383 g/mol. The zero-order valence-electron chi connectivity index (χ0n) is 16.7. The van der Waals surface area contributed by atoms with Crippen molar-refractivity contribution in [2.24, 2.45) is 0 Å². The van der Waals surface area contributed by atoms with Crippen LogP contribution < -0.4 is 14.8 Å². The molecule has 0 unspecified atom stereocenters. The molecule has 1 aromatic rings. The first-order chi connectivity index (χ1) is 13.2. The maximum Gasteiger partial charge on any atom is 0.325 e. The summed E-state index contributed by atoms with van der Waals surface area (Å²) >= 11 is 0. The van der Waals surface area contributed by atoms with Gasteiger partial charge in [-0.15, -0.1) is 0 Å². The van der Waals surface area contributed by atoms with Gasteiger partial charge in [-0.1, -0.05) is 20.8 Å². The van der Waals surface area contributed by atoms with Crippen LogP contribution >= 0.6 is 0 Å². The van der Waals surface area contributed by atoms with Gasteiger partial charge < -0.3 is 14.8 Å². The van der Waals surface area contributed by atoms with Crippen LogP contribution in [0.2, 0.25) is 0 Å². The molecule has 1 aromatic carbocycles. The second-order valence-corrected chi connectivity index (χ2v) is 8.76. The molecular weight excluding hydrogens is 358 g/mol. The van der Waals surface area contributed by atoms with Gasteiger partial charge in [-0.05, 0) is 25.5 Å². The number of carbonyl (C=O) groups excluding carboxylic acids is 2. The fraction of sp³-hybridized carbons (Fsp3) is 0.571. The lowest BCUT2D eigenvalue weighted by atomic mass is 9.84. The summed E-state index contributed by atoms with van der Waals surface area (Å²) in [6.07, 6.45) is 1.70. The summed E-state index contributed by atoms with van der Waals surface area (Å²) in [7, 11) is 0. The average Bonchev–Trinajstić information content (AvgIpc) is 3.06. The summed E-state index contributed by atoms with van der Waals surface area (Å²) in [5.41, 5.74) is 0.383. The number of benzene rings is 1. The van der Waals surface area contributed by atoms with Crippen LogP contribution in [0.3, 0.4) is 0 Å². The maximum absolute atomic E-state index is 12.6. The van der Waals surface area contributed by atoms with Gasteiger partial charge in [0.2, 0.25) is 0 Å². The van der Waals surface area contributed by atoms with Crippen molar-refractivity contribution >= 4 is 11.9 Å². The molecule has 0 spiro atoms. The van der Waals surface area contributed by atoms with Crippen LogP contribution in [0.1, 0.15) is 58.1 Å². The molecule has 0 aromatic heterocycles. The minimum atomic E-state index is -0.807. The number of imide groups is 1. The van der Waals surface area contributed by atoms with Crippen molar-refractivity contribution in [3.05, 3.63) is 23.3 Å². The van der Waals surface area contributed by atoms with Crippen LogP contribution in [0.5, 0.6) is 11.5 Å². The Hall–Kier alpha value is -2.75. The number of ether oxygens (including phenoxy) is 2. The summed E-state index contributed by atoms with van der Waals surface area (Å²) < 4.78 is 12.0. The Morgan fingerprint density at radius 3 is 2.64 bits per heavy atom. The van der Waals surface area contributed by atoms with Crippen molar-refractivity contribution in [1.82, 2.24) is 10.2 Å². The van der Waals surface area contributed by atoms with E-state index >= 15 is 0 Å². The highest BCUT2D eigenvalue weighted by atomic mass is 16.5. The lowest BCUT2D eigenvalue weighted by Gasteiger charge is -2.40. The van der Waals surface area contributed by atoms with E-state index in [-0.39, 0.29) is 29.5 Å². The number of urea groups is 1. The molecule has 7 nitrogen and oxygen atoms in total. The average molecular weight is 383 g/mol. The molecule has 1 saturated carbocycles. The number of amides is 3. The van der Waals surface area contributed by atoms with E-state index < -0.39 is 5.54 Å².